The van der Waals surface area contributed by atoms with Crippen LogP contribution in [0.4, 0.5) is 0 Å². The second-order valence-electron chi connectivity index (χ2n) is 6.29. The Bertz CT molecular complexity index is 904. The molecule has 0 aliphatic carbocycles. The van der Waals surface area contributed by atoms with Gasteiger partial charge in [-0.05, 0) is 51.0 Å². The van der Waals surface area contributed by atoms with Gasteiger partial charge in [-0.1, -0.05) is 23.2 Å². The molecule has 0 amide bonds. The summed E-state index contributed by atoms with van der Waals surface area (Å²) in [7, 11) is 0. The van der Waals surface area contributed by atoms with E-state index in [0.717, 1.165) is 0 Å². The van der Waals surface area contributed by atoms with Crippen LogP contribution in [0.5, 0.6) is 5.75 Å². The van der Waals surface area contributed by atoms with Crippen LogP contribution in [0.15, 0.2) is 18.2 Å². The highest BCUT2D eigenvalue weighted by Gasteiger charge is 2.20. The number of hydrogen-bond acceptors (Lipinski definition) is 5. The van der Waals surface area contributed by atoms with Gasteiger partial charge in [0.25, 0.3) is 0 Å². The fraction of sp³-hybridized carbons (Fsp3) is 0.350. The summed E-state index contributed by atoms with van der Waals surface area (Å²) in [4.78, 5) is 38.6. The van der Waals surface area contributed by atoms with Crippen molar-refractivity contribution in [3.63, 3.8) is 0 Å². The van der Waals surface area contributed by atoms with Gasteiger partial charge in [0.1, 0.15) is 5.75 Å². The highest BCUT2D eigenvalue weighted by Crippen LogP contribution is 2.27. The Morgan fingerprint density at radius 3 is 2.46 bits per heavy atom. The lowest BCUT2D eigenvalue weighted by molar-refractivity contribution is -0.142. The second kappa shape index (κ2) is 9.75. The van der Waals surface area contributed by atoms with E-state index in [-0.39, 0.29) is 36.9 Å². The summed E-state index contributed by atoms with van der Waals surface area (Å²) in [5.74, 6) is -0.533. The molecule has 0 saturated carbocycles. The maximum atomic E-state index is 12.3. The van der Waals surface area contributed by atoms with Gasteiger partial charge in [-0.2, -0.15) is 0 Å². The highest BCUT2D eigenvalue weighted by atomic mass is 35.5. The summed E-state index contributed by atoms with van der Waals surface area (Å²) in [6.07, 6.45) is 0.501. The SMILES string of the molecule is CC(=O)c1c(C)[nH]c(C(=O)COC(=O)CCCOc2ccc(Cl)cc2Cl)c1C. The molecule has 0 aliphatic rings. The van der Waals surface area contributed by atoms with Crippen LogP contribution in [0.2, 0.25) is 10.0 Å². The number of hydrogen-bond donors (Lipinski definition) is 1. The average Bonchev–Trinajstić information content (AvgIpc) is 2.92. The number of rotatable bonds is 9. The van der Waals surface area contributed by atoms with Crippen LogP contribution < -0.4 is 4.74 Å². The van der Waals surface area contributed by atoms with E-state index in [1.165, 1.54) is 6.92 Å². The fourth-order valence-corrected chi connectivity index (χ4v) is 3.30. The average molecular weight is 426 g/mol. The van der Waals surface area contributed by atoms with Crippen molar-refractivity contribution in [3.05, 3.63) is 50.8 Å². The number of benzene rings is 1. The van der Waals surface area contributed by atoms with Gasteiger partial charge in [-0.3, -0.25) is 14.4 Å². The zero-order chi connectivity index (χ0) is 20.8. The Morgan fingerprint density at radius 2 is 1.86 bits per heavy atom. The number of carbonyl (C=O) groups is 3. The van der Waals surface area contributed by atoms with Crippen LogP contribution in [0.3, 0.4) is 0 Å². The number of aromatic nitrogens is 1. The van der Waals surface area contributed by atoms with Crippen LogP contribution in [-0.4, -0.2) is 35.7 Å². The minimum Gasteiger partial charge on any atom is -0.492 e. The molecule has 0 aliphatic heterocycles. The zero-order valence-corrected chi connectivity index (χ0v) is 17.4. The maximum absolute atomic E-state index is 12.3. The van der Waals surface area contributed by atoms with Gasteiger partial charge in [-0.25, -0.2) is 0 Å². The lowest BCUT2D eigenvalue weighted by atomic mass is 10.1. The number of carbonyl (C=O) groups excluding carboxylic acids is 3. The Kier molecular flexibility index (Phi) is 7.66. The van der Waals surface area contributed by atoms with Crippen molar-refractivity contribution in [2.45, 2.75) is 33.6 Å². The molecule has 0 atom stereocenters. The first-order valence-corrected chi connectivity index (χ1v) is 9.43. The number of aromatic amines is 1. The topological polar surface area (TPSA) is 85.5 Å². The molecule has 2 rings (SSSR count). The molecular weight excluding hydrogens is 405 g/mol. The summed E-state index contributed by atoms with van der Waals surface area (Å²) in [6.45, 7) is 4.73. The van der Waals surface area contributed by atoms with Gasteiger partial charge < -0.3 is 14.5 Å². The molecule has 1 N–H and O–H groups in total. The third-order valence-electron chi connectivity index (χ3n) is 4.11. The van der Waals surface area contributed by atoms with Crippen LogP contribution in [-0.2, 0) is 9.53 Å². The van der Waals surface area contributed by atoms with Gasteiger partial charge in [0.15, 0.2) is 12.4 Å². The fourth-order valence-electron chi connectivity index (χ4n) is 2.84. The minimum absolute atomic E-state index is 0.0971. The molecule has 0 saturated heterocycles. The van der Waals surface area contributed by atoms with E-state index in [1.807, 2.05) is 0 Å². The molecule has 6 nitrogen and oxygen atoms in total. The number of ketones is 2. The summed E-state index contributed by atoms with van der Waals surface area (Å²) in [6, 6.07) is 4.88. The molecule has 0 spiro atoms. The molecule has 0 unspecified atom stereocenters. The van der Waals surface area contributed by atoms with Crippen LogP contribution in [0.1, 0.15) is 51.9 Å². The molecular formula is C20H21Cl2NO5. The summed E-state index contributed by atoms with van der Waals surface area (Å²) < 4.78 is 10.5. The molecule has 28 heavy (non-hydrogen) atoms. The van der Waals surface area contributed by atoms with Crippen LogP contribution >= 0.6 is 23.2 Å². The monoisotopic (exact) mass is 425 g/mol. The van der Waals surface area contributed by atoms with Gasteiger partial charge in [0, 0.05) is 22.7 Å². The molecule has 1 aromatic carbocycles. The number of H-pyrrole nitrogens is 1. The maximum Gasteiger partial charge on any atom is 0.306 e. The van der Waals surface area contributed by atoms with Crippen molar-refractivity contribution in [2.75, 3.05) is 13.2 Å². The number of Topliss-reactive ketones (excluding diaryl/α,β-unsaturated/α-hetero) is 2. The summed E-state index contributed by atoms with van der Waals surface area (Å²) in [5, 5.41) is 0.899. The minimum atomic E-state index is -0.508. The van der Waals surface area contributed by atoms with Crippen molar-refractivity contribution in [1.82, 2.24) is 4.98 Å². The molecule has 0 radical (unpaired) electrons. The number of ether oxygens (including phenoxy) is 2. The van der Waals surface area contributed by atoms with E-state index < -0.39 is 5.97 Å². The normalized spacial score (nSPS) is 10.6. The summed E-state index contributed by atoms with van der Waals surface area (Å²) >= 11 is 11.8. The lowest BCUT2D eigenvalue weighted by Crippen LogP contribution is -2.16. The van der Waals surface area contributed by atoms with Crippen LogP contribution in [0, 0.1) is 13.8 Å². The largest absolute Gasteiger partial charge is 0.492 e. The standard InChI is InChI=1S/C20H21Cl2NO5/c1-11-19(13(3)24)12(2)23-20(11)16(25)10-28-18(26)5-4-8-27-17-7-6-14(21)9-15(17)22/h6-7,9,23H,4-5,8,10H2,1-3H3. The van der Waals surface area contributed by atoms with Crippen molar-refractivity contribution in [2.24, 2.45) is 0 Å². The zero-order valence-electron chi connectivity index (χ0n) is 15.9. The van der Waals surface area contributed by atoms with E-state index in [4.69, 9.17) is 32.7 Å². The first kappa shape index (κ1) is 22.0. The van der Waals surface area contributed by atoms with Crippen molar-refractivity contribution in [1.29, 1.82) is 0 Å². The molecule has 0 bridgehead atoms. The van der Waals surface area contributed by atoms with E-state index in [2.05, 4.69) is 4.98 Å². The van der Waals surface area contributed by atoms with Crippen molar-refractivity contribution in [3.8, 4) is 5.75 Å². The number of halogens is 2. The highest BCUT2D eigenvalue weighted by molar-refractivity contribution is 6.35. The Balaban J connectivity index is 1.77. The first-order valence-electron chi connectivity index (χ1n) is 8.67. The Labute approximate surface area is 173 Å². The predicted molar refractivity (Wildman–Crippen MR) is 107 cm³/mol. The quantitative estimate of drug-likeness (QED) is 0.356. The van der Waals surface area contributed by atoms with Crippen molar-refractivity contribution >= 4 is 40.7 Å². The van der Waals surface area contributed by atoms with E-state index in [1.54, 1.807) is 32.0 Å². The summed E-state index contributed by atoms with van der Waals surface area (Å²) in [5.41, 5.74) is 1.97. The van der Waals surface area contributed by atoms with Crippen LogP contribution in [0.25, 0.3) is 0 Å². The number of nitrogens with one attached hydrogen (secondary N) is 1. The molecule has 8 heteroatoms. The molecule has 2 aromatic rings. The Morgan fingerprint density at radius 1 is 1.14 bits per heavy atom. The van der Waals surface area contributed by atoms with Gasteiger partial charge in [-0.15, -0.1) is 0 Å². The number of aryl methyl sites for hydroxylation is 1. The third kappa shape index (κ3) is 5.59. The third-order valence-corrected chi connectivity index (χ3v) is 4.64. The van der Waals surface area contributed by atoms with Gasteiger partial charge in [0.2, 0.25) is 5.78 Å². The van der Waals surface area contributed by atoms with Crippen molar-refractivity contribution < 1.29 is 23.9 Å². The van der Waals surface area contributed by atoms with E-state index >= 15 is 0 Å². The predicted octanol–water partition coefficient (Wildman–Crippen LogP) is 4.73. The smallest absolute Gasteiger partial charge is 0.306 e. The molecule has 150 valence electrons. The molecule has 1 heterocycles. The van der Waals surface area contributed by atoms with Gasteiger partial charge in [0.05, 0.1) is 17.3 Å². The van der Waals surface area contributed by atoms with E-state index in [0.29, 0.717) is 39.0 Å². The number of esters is 1. The molecule has 0 fully saturated rings. The van der Waals surface area contributed by atoms with E-state index in [9.17, 15) is 14.4 Å². The van der Waals surface area contributed by atoms with Gasteiger partial charge >= 0.3 is 5.97 Å². The first-order chi connectivity index (χ1) is 13.2. The Hall–Kier alpha value is -2.31. The second-order valence-corrected chi connectivity index (χ2v) is 7.14. The molecule has 1 aromatic heterocycles. The lowest BCUT2D eigenvalue weighted by Gasteiger charge is -2.08.